The van der Waals surface area contributed by atoms with Crippen molar-refractivity contribution in [3.63, 3.8) is 0 Å². The van der Waals surface area contributed by atoms with Crippen molar-refractivity contribution in [2.45, 2.75) is 83.0 Å². The molecule has 0 bridgehead atoms. The fourth-order valence-corrected chi connectivity index (χ4v) is 3.75. The predicted molar refractivity (Wildman–Crippen MR) is 97.2 cm³/mol. The molecule has 1 aliphatic rings. The van der Waals surface area contributed by atoms with Crippen LogP contribution in [0.1, 0.15) is 63.9 Å². The van der Waals surface area contributed by atoms with Gasteiger partial charge in [-0.3, -0.25) is 0 Å². The Labute approximate surface area is 141 Å². The standard InChI is InChI=1S/C20H34N2O/c1-2-3-14-18(21)19(20(23)17-12-8-5-9-13-17)22-15-16-10-6-4-7-11-16/h4,6-7,10-11,17-20,22-23H,2-3,5,8-9,12-15,21H2,1H3/t18-,19+,20-/m0/s1. The Morgan fingerprint density at radius 2 is 1.87 bits per heavy atom. The molecule has 1 aliphatic carbocycles. The van der Waals surface area contributed by atoms with Crippen molar-refractivity contribution in [1.82, 2.24) is 5.32 Å². The molecule has 0 saturated heterocycles. The maximum absolute atomic E-state index is 10.9. The van der Waals surface area contributed by atoms with Crippen LogP contribution in [0.2, 0.25) is 0 Å². The van der Waals surface area contributed by atoms with Crippen molar-refractivity contribution in [2.24, 2.45) is 11.7 Å². The second-order valence-electron chi connectivity index (χ2n) is 7.09. The van der Waals surface area contributed by atoms with E-state index in [1.165, 1.54) is 24.8 Å². The molecule has 0 radical (unpaired) electrons. The molecular formula is C20H34N2O. The molecule has 0 amide bonds. The molecule has 0 heterocycles. The first-order chi connectivity index (χ1) is 11.2. The van der Waals surface area contributed by atoms with E-state index in [4.69, 9.17) is 5.73 Å². The van der Waals surface area contributed by atoms with Crippen molar-refractivity contribution in [1.29, 1.82) is 0 Å². The third kappa shape index (κ3) is 5.91. The van der Waals surface area contributed by atoms with E-state index in [1.807, 2.05) is 6.07 Å². The fraction of sp³-hybridized carbons (Fsp3) is 0.700. The molecule has 3 heteroatoms. The topological polar surface area (TPSA) is 58.3 Å². The summed E-state index contributed by atoms with van der Waals surface area (Å²) in [6.45, 7) is 2.96. The molecule has 0 spiro atoms. The Bertz CT molecular complexity index is 417. The lowest BCUT2D eigenvalue weighted by Gasteiger charge is -2.36. The molecule has 3 nitrogen and oxygen atoms in total. The Morgan fingerprint density at radius 3 is 2.52 bits per heavy atom. The van der Waals surface area contributed by atoms with Gasteiger partial charge in [-0.05, 0) is 30.7 Å². The average molecular weight is 319 g/mol. The minimum Gasteiger partial charge on any atom is -0.391 e. The summed E-state index contributed by atoms with van der Waals surface area (Å²) in [5.74, 6) is 0.407. The smallest absolute Gasteiger partial charge is 0.0736 e. The van der Waals surface area contributed by atoms with Crippen molar-refractivity contribution >= 4 is 0 Å². The summed E-state index contributed by atoms with van der Waals surface area (Å²) in [7, 11) is 0. The van der Waals surface area contributed by atoms with Gasteiger partial charge >= 0.3 is 0 Å². The van der Waals surface area contributed by atoms with Crippen molar-refractivity contribution in [3.8, 4) is 0 Å². The summed E-state index contributed by atoms with van der Waals surface area (Å²) >= 11 is 0. The summed E-state index contributed by atoms with van der Waals surface area (Å²) < 4.78 is 0. The molecule has 23 heavy (non-hydrogen) atoms. The number of nitrogens with two attached hydrogens (primary N) is 1. The SMILES string of the molecule is CCCC[C@H](N)[C@@H](NCc1ccccc1)[C@@H](O)C1CCCCC1. The molecule has 4 N–H and O–H groups in total. The first-order valence-corrected chi connectivity index (χ1v) is 9.43. The van der Waals surface area contributed by atoms with Crippen molar-refractivity contribution in [3.05, 3.63) is 35.9 Å². The molecule has 1 aromatic rings. The Balaban J connectivity index is 1.97. The van der Waals surface area contributed by atoms with Gasteiger partial charge in [0.1, 0.15) is 0 Å². The molecule has 1 aromatic carbocycles. The third-order valence-corrected chi connectivity index (χ3v) is 5.24. The summed E-state index contributed by atoms with van der Waals surface area (Å²) in [6, 6.07) is 10.4. The maximum atomic E-state index is 10.9. The van der Waals surface area contributed by atoms with E-state index in [0.29, 0.717) is 5.92 Å². The normalized spacial score (nSPS) is 20.1. The number of nitrogens with one attached hydrogen (secondary N) is 1. The number of benzene rings is 1. The van der Waals surface area contributed by atoms with E-state index in [2.05, 4.69) is 36.5 Å². The number of aliphatic hydroxyl groups is 1. The Hall–Kier alpha value is -0.900. The zero-order valence-electron chi connectivity index (χ0n) is 14.6. The van der Waals surface area contributed by atoms with Gasteiger partial charge in [0.25, 0.3) is 0 Å². The molecule has 1 fully saturated rings. The molecule has 0 aliphatic heterocycles. The van der Waals surface area contributed by atoms with Crippen LogP contribution in [0.3, 0.4) is 0 Å². The van der Waals surface area contributed by atoms with Gasteiger partial charge in [-0.25, -0.2) is 0 Å². The van der Waals surface area contributed by atoms with Gasteiger partial charge < -0.3 is 16.2 Å². The zero-order valence-corrected chi connectivity index (χ0v) is 14.6. The highest BCUT2D eigenvalue weighted by molar-refractivity contribution is 5.14. The van der Waals surface area contributed by atoms with Gasteiger partial charge in [0.2, 0.25) is 0 Å². The second-order valence-corrected chi connectivity index (χ2v) is 7.09. The number of hydrogen-bond donors (Lipinski definition) is 3. The predicted octanol–water partition coefficient (Wildman–Crippen LogP) is 3.60. The molecule has 1 saturated carbocycles. The lowest BCUT2D eigenvalue weighted by Crippen LogP contribution is -2.54. The zero-order chi connectivity index (χ0) is 16.5. The molecule has 0 unspecified atom stereocenters. The molecule has 2 rings (SSSR count). The lowest BCUT2D eigenvalue weighted by molar-refractivity contribution is 0.0397. The summed E-state index contributed by atoms with van der Waals surface area (Å²) in [4.78, 5) is 0. The van der Waals surface area contributed by atoms with E-state index < -0.39 is 0 Å². The van der Waals surface area contributed by atoms with E-state index in [9.17, 15) is 5.11 Å². The van der Waals surface area contributed by atoms with E-state index in [0.717, 1.165) is 38.6 Å². The van der Waals surface area contributed by atoms with Crippen LogP contribution in [0.5, 0.6) is 0 Å². The van der Waals surface area contributed by atoms with Crippen LogP contribution >= 0.6 is 0 Å². The minimum atomic E-state index is -0.328. The number of rotatable bonds is 9. The maximum Gasteiger partial charge on any atom is 0.0736 e. The fourth-order valence-electron chi connectivity index (χ4n) is 3.75. The summed E-state index contributed by atoms with van der Waals surface area (Å²) in [6.07, 6.45) is 9.02. The molecule has 0 aromatic heterocycles. The number of hydrogen-bond acceptors (Lipinski definition) is 3. The van der Waals surface area contributed by atoms with Gasteiger partial charge in [0.05, 0.1) is 6.10 Å². The second kappa shape index (κ2) is 10.1. The summed E-state index contributed by atoms with van der Waals surface area (Å²) in [5, 5.41) is 14.5. The van der Waals surface area contributed by atoms with Crippen LogP contribution in [0.15, 0.2) is 30.3 Å². The Morgan fingerprint density at radius 1 is 1.17 bits per heavy atom. The van der Waals surface area contributed by atoms with Gasteiger partial charge in [-0.1, -0.05) is 69.4 Å². The van der Waals surface area contributed by atoms with Crippen LogP contribution in [0.25, 0.3) is 0 Å². The third-order valence-electron chi connectivity index (χ3n) is 5.24. The minimum absolute atomic E-state index is 0.00939. The van der Waals surface area contributed by atoms with Gasteiger partial charge in [0.15, 0.2) is 0 Å². The Kier molecular flexibility index (Phi) is 8.07. The average Bonchev–Trinajstić information content (AvgIpc) is 2.61. The highest BCUT2D eigenvalue weighted by Crippen LogP contribution is 2.29. The van der Waals surface area contributed by atoms with Crippen LogP contribution in [-0.4, -0.2) is 23.3 Å². The van der Waals surface area contributed by atoms with E-state index >= 15 is 0 Å². The van der Waals surface area contributed by atoms with Crippen LogP contribution in [0, 0.1) is 5.92 Å². The van der Waals surface area contributed by atoms with Crippen LogP contribution in [0.4, 0.5) is 0 Å². The molecular weight excluding hydrogens is 284 g/mol. The van der Waals surface area contributed by atoms with Crippen LogP contribution < -0.4 is 11.1 Å². The van der Waals surface area contributed by atoms with Gasteiger partial charge in [-0.2, -0.15) is 0 Å². The monoisotopic (exact) mass is 318 g/mol. The van der Waals surface area contributed by atoms with E-state index in [1.54, 1.807) is 0 Å². The highest BCUT2D eigenvalue weighted by atomic mass is 16.3. The number of unbranched alkanes of at least 4 members (excludes halogenated alkanes) is 1. The quantitative estimate of drug-likeness (QED) is 0.652. The van der Waals surface area contributed by atoms with E-state index in [-0.39, 0.29) is 18.2 Å². The first-order valence-electron chi connectivity index (χ1n) is 9.43. The highest BCUT2D eigenvalue weighted by Gasteiger charge is 2.32. The van der Waals surface area contributed by atoms with Gasteiger partial charge in [-0.15, -0.1) is 0 Å². The largest absolute Gasteiger partial charge is 0.391 e. The molecule has 130 valence electrons. The van der Waals surface area contributed by atoms with Crippen molar-refractivity contribution < 1.29 is 5.11 Å². The van der Waals surface area contributed by atoms with Crippen LogP contribution in [-0.2, 0) is 6.54 Å². The summed E-state index contributed by atoms with van der Waals surface area (Å²) in [5.41, 5.74) is 7.70. The number of aliphatic hydroxyl groups excluding tert-OH is 1. The molecule has 3 atom stereocenters. The lowest BCUT2D eigenvalue weighted by atomic mass is 9.80. The van der Waals surface area contributed by atoms with Crippen molar-refractivity contribution in [2.75, 3.05) is 0 Å². The van der Waals surface area contributed by atoms with Gasteiger partial charge in [0, 0.05) is 18.6 Å². The first kappa shape index (κ1) is 18.4.